The van der Waals surface area contributed by atoms with Crippen LogP contribution in [-0.2, 0) is 23.0 Å². The van der Waals surface area contributed by atoms with E-state index in [0.717, 1.165) is 6.42 Å². The molecule has 4 rings (SSSR count). The van der Waals surface area contributed by atoms with Gasteiger partial charge in [0.1, 0.15) is 5.82 Å². The first-order valence-electron chi connectivity index (χ1n) is 8.35. The molecule has 9 heteroatoms. The number of hydrogen-bond donors (Lipinski definition) is 2. The van der Waals surface area contributed by atoms with Crippen molar-refractivity contribution in [1.82, 2.24) is 4.57 Å². The second-order valence-electron chi connectivity index (χ2n) is 6.57. The summed E-state index contributed by atoms with van der Waals surface area (Å²) in [5.74, 6) is -0.504. The number of anilines is 3. The largest absolute Gasteiger partial charge is 0.351 e. The van der Waals surface area contributed by atoms with E-state index >= 15 is 0 Å². The zero-order chi connectivity index (χ0) is 18.5. The molecule has 138 valence electrons. The molecule has 2 aliphatic rings. The molecule has 2 heterocycles. The molecule has 1 aromatic carbocycles. The van der Waals surface area contributed by atoms with E-state index in [-0.39, 0.29) is 16.9 Å². The molecule has 1 aliphatic heterocycles. The number of sulfonamides is 1. The number of halogens is 2. The summed E-state index contributed by atoms with van der Waals surface area (Å²) >= 11 is 3.20. The molecule has 1 fully saturated rings. The van der Waals surface area contributed by atoms with Gasteiger partial charge in [0.15, 0.2) is 0 Å². The number of nitrogens with one attached hydrogen (secondary N) is 2. The molecule has 0 saturated heterocycles. The summed E-state index contributed by atoms with van der Waals surface area (Å²) in [7, 11) is -3.51. The maximum atomic E-state index is 14.2. The molecule has 6 nitrogen and oxygen atoms in total. The van der Waals surface area contributed by atoms with Crippen molar-refractivity contribution in [2.24, 2.45) is 0 Å². The molecule has 1 aliphatic carbocycles. The SMILES string of the molecule is O=c1cc(Nc2ccc(Br)cc2F)c(NS(=O)(=O)C2CC2)c2n1CCC2. The van der Waals surface area contributed by atoms with E-state index < -0.39 is 21.1 Å². The Morgan fingerprint density at radius 3 is 2.65 bits per heavy atom. The fourth-order valence-electron chi connectivity index (χ4n) is 3.16. The van der Waals surface area contributed by atoms with E-state index in [1.807, 2.05) is 0 Å². The van der Waals surface area contributed by atoms with Crippen LogP contribution < -0.4 is 15.6 Å². The first-order valence-corrected chi connectivity index (χ1v) is 10.7. The van der Waals surface area contributed by atoms with Crippen molar-refractivity contribution in [2.75, 3.05) is 10.0 Å². The van der Waals surface area contributed by atoms with Gasteiger partial charge >= 0.3 is 0 Å². The third kappa shape index (κ3) is 3.25. The normalized spacial score (nSPS) is 16.4. The van der Waals surface area contributed by atoms with Crippen LogP contribution in [0.4, 0.5) is 21.5 Å². The van der Waals surface area contributed by atoms with Crippen LogP contribution in [0.15, 0.2) is 33.5 Å². The first kappa shape index (κ1) is 17.5. The standard InChI is InChI=1S/C17H17BrFN3O3S/c18-10-3-6-13(12(19)8-10)20-14-9-16(23)22-7-1-2-15(22)17(14)21-26(24,25)11-4-5-11/h3,6,8-9,11,20-21H,1-2,4-5,7H2. The van der Waals surface area contributed by atoms with Crippen molar-refractivity contribution in [3.05, 3.63) is 50.6 Å². The predicted octanol–water partition coefficient (Wildman–Crippen LogP) is 3.34. The Morgan fingerprint density at radius 1 is 1.19 bits per heavy atom. The van der Waals surface area contributed by atoms with Gasteiger partial charge in [0.25, 0.3) is 5.56 Å². The Labute approximate surface area is 158 Å². The van der Waals surface area contributed by atoms with Gasteiger partial charge in [0.05, 0.1) is 22.3 Å². The second-order valence-corrected chi connectivity index (χ2v) is 9.45. The fourth-order valence-corrected chi connectivity index (χ4v) is 4.93. The van der Waals surface area contributed by atoms with Crippen LogP contribution in [0.3, 0.4) is 0 Å². The third-order valence-corrected chi connectivity index (χ3v) is 6.95. The summed E-state index contributed by atoms with van der Waals surface area (Å²) in [6.07, 6.45) is 2.63. The fraction of sp³-hybridized carbons (Fsp3) is 0.353. The van der Waals surface area contributed by atoms with Gasteiger partial charge in [0, 0.05) is 22.8 Å². The average Bonchev–Trinajstić information content (AvgIpc) is 3.32. The van der Waals surface area contributed by atoms with Crippen LogP contribution in [-0.4, -0.2) is 18.2 Å². The zero-order valence-corrected chi connectivity index (χ0v) is 16.2. The highest BCUT2D eigenvalue weighted by Crippen LogP contribution is 2.36. The van der Waals surface area contributed by atoms with E-state index in [2.05, 4.69) is 26.0 Å². The number of nitrogens with zero attached hydrogens (tertiary/aromatic N) is 1. The van der Waals surface area contributed by atoms with Crippen LogP contribution in [0.1, 0.15) is 25.0 Å². The molecule has 1 aromatic heterocycles. The van der Waals surface area contributed by atoms with Crippen molar-refractivity contribution in [3.63, 3.8) is 0 Å². The predicted molar refractivity (Wildman–Crippen MR) is 102 cm³/mol. The Morgan fingerprint density at radius 2 is 1.96 bits per heavy atom. The maximum Gasteiger partial charge on any atom is 0.252 e. The minimum Gasteiger partial charge on any atom is -0.351 e. The molecule has 0 bridgehead atoms. The lowest BCUT2D eigenvalue weighted by Gasteiger charge is -2.18. The van der Waals surface area contributed by atoms with Crippen molar-refractivity contribution >= 4 is 43.0 Å². The Balaban J connectivity index is 1.80. The summed E-state index contributed by atoms with van der Waals surface area (Å²) in [5.41, 5.74) is 1.20. The van der Waals surface area contributed by atoms with Gasteiger partial charge in [0.2, 0.25) is 10.0 Å². The first-order chi connectivity index (χ1) is 12.3. The maximum absolute atomic E-state index is 14.2. The van der Waals surface area contributed by atoms with Crippen molar-refractivity contribution in [1.29, 1.82) is 0 Å². The van der Waals surface area contributed by atoms with E-state index in [1.54, 1.807) is 10.6 Å². The lowest BCUT2D eigenvalue weighted by atomic mass is 10.2. The molecular formula is C17H17BrFN3O3S. The van der Waals surface area contributed by atoms with E-state index in [0.29, 0.717) is 41.7 Å². The number of aromatic nitrogens is 1. The molecule has 0 radical (unpaired) electrons. The second kappa shape index (κ2) is 6.38. The van der Waals surface area contributed by atoms with Gasteiger partial charge < -0.3 is 9.88 Å². The quantitative estimate of drug-likeness (QED) is 0.745. The molecule has 2 N–H and O–H groups in total. The summed E-state index contributed by atoms with van der Waals surface area (Å²) < 4.78 is 43.9. The Bertz CT molecular complexity index is 1050. The van der Waals surface area contributed by atoms with Gasteiger partial charge in [-0.25, -0.2) is 12.8 Å². The van der Waals surface area contributed by atoms with Crippen LogP contribution in [0, 0.1) is 5.82 Å². The monoisotopic (exact) mass is 441 g/mol. The highest BCUT2D eigenvalue weighted by molar-refractivity contribution is 9.10. The van der Waals surface area contributed by atoms with Gasteiger partial charge in [-0.3, -0.25) is 9.52 Å². The van der Waals surface area contributed by atoms with Crippen LogP contribution in [0.2, 0.25) is 0 Å². The van der Waals surface area contributed by atoms with Crippen LogP contribution in [0.25, 0.3) is 0 Å². The minimum atomic E-state index is -3.51. The van der Waals surface area contributed by atoms with E-state index in [4.69, 9.17) is 0 Å². The van der Waals surface area contributed by atoms with Gasteiger partial charge in [-0.2, -0.15) is 0 Å². The average molecular weight is 442 g/mol. The molecule has 2 aromatic rings. The summed E-state index contributed by atoms with van der Waals surface area (Å²) in [6, 6.07) is 5.82. The highest BCUT2D eigenvalue weighted by atomic mass is 79.9. The van der Waals surface area contributed by atoms with E-state index in [1.165, 1.54) is 18.2 Å². The molecule has 0 atom stereocenters. The van der Waals surface area contributed by atoms with Gasteiger partial charge in [-0.1, -0.05) is 15.9 Å². The summed E-state index contributed by atoms with van der Waals surface area (Å²) in [4.78, 5) is 12.4. The smallest absolute Gasteiger partial charge is 0.252 e. The lowest BCUT2D eigenvalue weighted by Crippen LogP contribution is -2.25. The number of benzene rings is 1. The number of hydrogen-bond acceptors (Lipinski definition) is 4. The molecular weight excluding hydrogens is 425 g/mol. The topological polar surface area (TPSA) is 80.2 Å². The van der Waals surface area contributed by atoms with Crippen LogP contribution in [0.5, 0.6) is 0 Å². The van der Waals surface area contributed by atoms with Crippen molar-refractivity contribution in [3.8, 4) is 0 Å². The summed E-state index contributed by atoms with van der Waals surface area (Å²) in [5, 5.41) is 2.49. The number of pyridine rings is 1. The molecule has 1 saturated carbocycles. The Kier molecular flexibility index (Phi) is 4.31. The molecule has 0 spiro atoms. The highest BCUT2D eigenvalue weighted by Gasteiger charge is 2.37. The van der Waals surface area contributed by atoms with Gasteiger partial charge in [-0.15, -0.1) is 0 Å². The van der Waals surface area contributed by atoms with Crippen molar-refractivity contribution < 1.29 is 12.8 Å². The lowest BCUT2D eigenvalue weighted by molar-refractivity contribution is 0.600. The molecule has 26 heavy (non-hydrogen) atoms. The minimum absolute atomic E-state index is 0.169. The Hall–Kier alpha value is -1.87. The van der Waals surface area contributed by atoms with Crippen LogP contribution >= 0.6 is 15.9 Å². The molecule has 0 amide bonds. The number of rotatable bonds is 5. The zero-order valence-electron chi connectivity index (χ0n) is 13.8. The molecule has 0 unspecified atom stereocenters. The van der Waals surface area contributed by atoms with E-state index in [9.17, 15) is 17.6 Å². The van der Waals surface area contributed by atoms with Gasteiger partial charge in [-0.05, 0) is 43.9 Å². The third-order valence-electron chi connectivity index (χ3n) is 4.62. The number of fused-ring (bicyclic) bond motifs is 1. The summed E-state index contributed by atoms with van der Waals surface area (Å²) in [6.45, 7) is 0.555. The van der Waals surface area contributed by atoms with Crippen molar-refractivity contribution in [2.45, 2.75) is 37.5 Å².